The maximum atomic E-state index is 14.4. The highest BCUT2D eigenvalue weighted by Crippen LogP contribution is 2.80. The first-order valence-corrected chi connectivity index (χ1v) is 18.3. The Morgan fingerprint density at radius 2 is 1.57 bits per heavy atom. The zero-order valence-corrected chi connectivity index (χ0v) is 30.4. The number of hydrogen-bond acceptors (Lipinski definition) is 11. The van der Waals surface area contributed by atoms with Gasteiger partial charge in [-0.15, -0.1) is 0 Å². The fourth-order valence-electron chi connectivity index (χ4n) is 13.0. The Morgan fingerprint density at radius 1 is 0.863 bits per heavy atom. The van der Waals surface area contributed by atoms with Gasteiger partial charge in [-0.05, 0) is 68.1 Å². The smallest absolute Gasteiger partial charge is 0.338 e. The van der Waals surface area contributed by atoms with Gasteiger partial charge in [-0.25, -0.2) is 9.59 Å². The largest absolute Gasteiger partial charge is 0.497 e. The summed E-state index contributed by atoms with van der Waals surface area (Å²) in [6.07, 6.45) is -0.133. The molecule has 0 aromatic heterocycles. The minimum atomic E-state index is -1.55. The zero-order chi connectivity index (χ0) is 35.9. The van der Waals surface area contributed by atoms with Gasteiger partial charge in [0.15, 0.2) is 0 Å². The van der Waals surface area contributed by atoms with Gasteiger partial charge < -0.3 is 38.3 Å². The van der Waals surface area contributed by atoms with Crippen LogP contribution in [-0.4, -0.2) is 119 Å². The Hall–Kier alpha value is -3.06. The number of fused-ring (bicyclic) bond motifs is 2. The highest BCUT2D eigenvalue weighted by Gasteiger charge is 2.90. The van der Waals surface area contributed by atoms with Crippen LogP contribution in [0.15, 0.2) is 54.6 Å². The Labute approximate surface area is 299 Å². The molecule has 51 heavy (non-hydrogen) atoms. The van der Waals surface area contributed by atoms with Crippen molar-refractivity contribution in [1.29, 1.82) is 0 Å². The summed E-state index contributed by atoms with van der Waals surface area (Å²) in [4.78, 5) is 31.1. The molecule has 1 aliphatic heterocycles. The van der Waals surface area contributed by atoms with Crippen molar-refractivity contribution in [2.45, 2.75) is 74.3 Å². The maximum Gasteiger partial charge on any atom is 0.338 e. The maximum absolute atomic E-state index is 14.4. The van der Waals surface area contributed by atoms with Crippen molar-refractivity contribution in [2.24, 2.45) is 34.5 Å². The molecule has 1 spiro atoms. The molecule has 1 saturated heterocycles. The number of benzene rings is 2. The van der Waals surface area contributed by atoms with Crippen molar-refractivity contribution in [3.63, 3.8) is 0 Å². The summed E-state index contributed by atoms with van der Waals surface area (Å²) < 4.78 is 44.4. The second-order valence-electron chi connectivity index (χ2n) is 15.8. The minimum Gasteiger partial charge on any atom is -0.497 e. The highest BCUT2D eigenvalue weighted by molar-refractivity contribution is 5.90. The molecule has 0 unspecified atom stereocenters. The van der Waals surface area contributed by atoms with E-state index in [4.69, 9.17) is 33.2 Å². The number of methoxy groups -OCH3 is 5. The van der Waals surface area contributed by atoms with Gasteiger partial charge in [0.1, 0.15) is 23.1 Å². The number of piperidine rings is 1. The lowest BCUT2D eigenvalue weighted by atomic mass is 9.43. The molecule has 2 aromatic carbocycles. The Balaban J connectivity index is 1.36. The van der Waals surface area contributed by atoms with Crippen LogP contribution in [0.3, 0.4) is 0 Å². The summed E-state index contributed by atoms with van der Waals surface area (Å²) >= 11 is 0. The van der Waals surface area contributed by atoms with Crippen molar-refractivity contribution in [1.82, 2.24) is 4.90 Å². The van der Waals surface area contributed by atoms with Crippen molar-refractivity contribution in [3.05, 3.63) is 65.7 Å². The SMILES string of the molecule is CCN1C[C@]2(COC)CC[C@H](OC)[C@@]34[C@@H]5C[C@]6(O)[C@@H](OC)C[C@@](OC(=O)c7ccccc7)([C@H]5[C@H]6OC(=O)c5ccc(OC)cc5)[C@@H]([C@H](OC)[C@H]23)[C@@H]14. The van der Waals surface area contributed by atoms with Gasteiger partial charge in [0.25, 0.3) is 0 Å². The lowest BCUT2D eigenvalue weighted by Crippen LogP contribution is -2.77. The number of rotatable bonds is 11. The van der Waals surface area contributed by atoms with Gasteiger partial charge in [0.05, 0.1) is 43.2 Å². The Morgan fingerprint density at radius 3 is 2.20 bits per heavy atom. The average molecular weight is 706 g/mol. The van der Waals surface area contributed by atoms with E-state index in [1.165, 1.54) is 0 Å². The number of ether oxygens (including phenoxy) is 7. The number of carbonyl (C=O) groups is 2. The topological polar surface area (TPSA) is 122 Å². The van der Waals surface area contributed by atoms with E-state index in [-0.39, 0.29) is 54.3 Å². The third-order valence-electron chi connectivity index (χ3n) is 14.3. The van der Waals surface area contributed by atoms with E-state index in [9.17, 15) is 14.7 Å². The molecule has 7 bridgehead atoms. The summed E-state index contributed by atoms with van der Waals surface area (Å²) in [6.45, 7) is 4.31. The molecule has 6 aliphatic rings. The Kier molecular flexibility index (Phi) is 8.59. The van der Waals surface area contributed by atoms with Crippen LogP contribution in [0, 0.1) is 34.5 Å². The summed E-state index contributed by atoms with van der Waals surface area (Å²) in [5.74, 6) is -1.65. The summed E-state index contributed by atoms with van der Waals surface area (Å²) in [5.41, 5.74) is -2.83. The van der Waals surface area contributed by atoms with E-state index in [1.807, 2.05) is 18.2 Å². The fraction of sp³-hybridized carbons (Fsp3) is 0.650. The third-order valence-corrected chi connectivity index (χ3v) is 14.3. The normalized spacial score (nSPS) is 43.1. The van der Waals surface area contributed by atoms with Crippen molar-refractivity contribution >= 4 is 11.9 Å². The van der Waals surface area contributed by atoms with E-state index in [2.05, 4.69) is 11.8 Å². The molecule has 5 aliphatic carbocycles. The lowest BCUT2D eigenvalue weighted by molar-refractivity contribution is -0.282. The van der Waals surface area contributed by atoms with Crippen LogP contribution in [0.1, 0.15) is 53.3 Å². The molecule has 13 atom stereocenters. The molecule has 11 nitrogen and oxygen atoms in total. The molecule has 6 fully saturated rings. The van der Waals surface area contributed by atoms with E-state index < -0.39 is 46.7 Å². The van der Waals surface area contributed by atoms with Crippen LogP contribution < -0.4 is 4.74 Å². The summed E-state index contributed by atoms with van der Waals surface area (Å²) in [7, 11) is 8.46. The van der Waals surface area contributed by atoms with E-state index in [0.29, 0.717) is 23.5 Å². The minimum absolute atomic E-state index is 0.0318. The van der Waals surface area contributed by atoms with Crippen molar-refractivity contribution in [3.8, 4) is 5.75 Å². The Bertz CT molecular complexity index is 1640. The number of esters is 2. The first kappa shape index (κ1) is 35.0. The summed E-state index contributed by atoms with van der Waals surface area (Å²) in [6, 6.07) is 15.6. The predicted molar refractivity (Wildman–Crippen MR) is 184 cm³/mol. The average Bonchev–Trinajstić information content (AvgIpc) is 3.53. The van der Waals surface area contributed by atoms with Crippen LogP contribution in [0.2, 0.25) is 0 Å². The first-order valence-electron chi connectivity index (χ1n) is 18.3. The molecule has 276 valence electrons. The molecular weight excluding hydrogens is 654 g/mol. The second kappa shape index (κ2) is 12.5. The monoisotopic (exact) mass is 705 g/mol. The number of likely N-dealkylation sites (tertiary alicyclic amines) is 1. The van der Waals surface area contributed by atoms with E-state index in [0.717, 1.165) is 25.9 Å². The number of carbonyl (C=O) groups excluding carboxylic acids is 2. The second-order valence-corrected chi connectivity index (χ2v) is 15.8. The molecule has 0 radical (unpaired) electrons. The first-order chi connectivity index (χ1) is 24.6. The third kappa shape index (κ3) is 4.51. The van der Waals surface area contributed by atoms with Crippen LogP contribution in [0.5, 0.6) is 5.75 Å². The number of aliphatic hydroxyl groups is 1. The number of hydrogen-bond donors (Lipinski definition) is 1. The van der Waals surface area contributed by atoms with Crippen molar-refractivity contribution in [2.75, 3.05) is 55.2 Å². The van der Waals surface area contributed by atoms with Crippen molar-refractivity contribution < 1.29 is 47.9 Å². The molecule has 1 N–H and O–H groups in total. The van der Waals surface area contributed by atoms with Gasteiger partial charge in [-0.2, -0.15) is 0 Å². The molecule has 1 heterocycles. The molecule has 5 saturated carbocycles. The quantitative estimate of drug-likeness (QED) is 0.342. The highest BCUT2D eigenvalue weighted by atomic mass is 16.6. The zero-order valence-electron chi connectivity index (χ0n) is 30.4. The van der Waals surface area contributed by atoms with Gasteiger partial charge in [0, 0.05) is 76.0 Å². The van der Waals surface area contributed by atoms with Crippen LogP contribution >= 0.6 is 0 Å². The molecule has 11 heteroatoms. The lowest BCUT2D eigenvalue weighted by Gasteiger charge is -2.69. The number of nitrogens with zero attached hydrogens (tertiary/aromatic N) is 1. The van der Waals surface area contributed by atoms with Crippen LogP contribution in [0.4, 0.5) is 0 Å². The van der Waals surface area contributed by atoms with Gasteiger partial charge in [-0.3, -0.25) is 4.90 Å². The molecular formula is C40H51NO10. The molecule has 2 aromatic rings. The summed E-state index contributed by atoms with van der Waals surface area (Å²) in [5, 5.41) is 13.0. The van der Waals surface area contributed by atoms with E-state index in [1.54, 1.807) is 71.9 Å². The standard InChI is InChI=1S/C40H51NO10/c1-7-41-21-37(22-45-2)18-17-27(47-4)40-26-19-38(44)28(48-5)20-39(30(33(40)41)31(49-6)32(37)40,51-36(43)23-11-9-8-10-12-23)29(26)34(38)50-35(42)24-13-15-25(46-3)16-14-24/h8-16,26-34,44H,7,17-22H2,1-6H3/t26-,27+,28+,29-,30+,31+,32-,33-,34-,37+,38+,39-,40+/m1/s1. The van der Waals surface area contributed by atoms with Crippen LogP contribution in [-0.2, 0) is 28.4 Å². The van der Waals surface area contributed by atoms with Gasteiger partial charge >= 0.3 is 11.9 Å². The fourth-order valence-corrected chi connectivity index (χ4v) is 13.0. The molecule has 8 rings (SSSR count). The van der Waals surface area contributed by atoms with Gasteiger partial charge in [0.2, 0.25) is 0 Å². The van der Waals surface area contributed by atoms with E-state index >= 15 is 0 Å². The van der Waals surface area contributed by atoms with Gasteiger partial charge in [-0.1, -0.05) is 25.1 Å². The van der Waals surface area contributed by atoms with Crippen LogP contribution in [0.25, 0.3) is 0 Å². The predicted octanol–water partition coefficient (Wildman–Crippen LogP) is 4.01. The molecule has 0 amide bonds.